The van der Waals surface area contributed by atoms with Crippen LogP contribution in [0.25, 0.3) is 11.1 Å². The number of likely N-dealkylation sites (tertiary alicyclic amines) is 1. The van der Waals surface area contributed by atoms with Gasteiger partial charge in [-0.15, -0.1) is 0 Å². The van der Waals surface area contributed by atoms with Gasteiger partial charge in [0.05, 0.1) is 5.56 Å². The quantitative estimate of drug-likeness (QED) is 0.656. The maximum Gasteiger partial charge on any atom is 0.139 e. The van der Waals surface area contributed by atoms with E-state index in [1.54, 1.807) is 0 Å². The topological polar surface area (TPSA) is 76.3 Å². The first-order chi connectivity index (χ1) is 14.2. The number of hydrogen-bond donors (Lipinski definition) is 2. The van der Waals surface area contributed by atoms with Crippen molar-refractivity contribution in [1.82, 2.24) is 14.9 Å². The van der Waals surface area contributed by atoms with Crippen molar-refractivity contribution in [3.63, 3.8) is 0 Å². The molecule has 1 aromatic heterocycles. The second-order valence-electron chi connectivity index (χ2n) is 7.55. The first-order valence-corrected chi connectivity index (χ1v) is 10.1. The third kappa shape index (κ3) is 4.84. The number of anilines is 2. The number of hydrogen-bond acceptors (Lipinski definition) is 6. The van der Waals surface area contributed by atoms with Crippen molar-refractivity contribution in [3.8, 4) is 22.6 Å². The zero-order valence-corrected chi connectivity index (χ0v) is 16.7. The predicted molar refractivity (Wildman–Crippen MR) is 117 cm³/mol. The van der Waals surface area contributed by atoms with Crippen molar-refractivity contribution in [2.75, 3.05) is 37.7 Å². The highest BCUT2D eigenvalue weighted by Gasteiger charge is 2.18. The van der Waals surface area contributed by atoms with E-state index in [2.05, 4.69) is 27.2 Å². The number of nitrogens with zero attached hydrogens (tertiary/aromatic N) is 3. The summed E-state index contributed by atoms with van der Waals surface area (Å²) in [6.45, 7) is 3.19. The molecule has 0 spiro atoms. The van der Waals surface area contributed by atoms with Crippen LogP contribution in [0.2, 0.25) is 0 Å². The van der Waals surface area contributed by atoms with Crippen molar-refractivity contribution in [2.45, 2.75) is 12.8 Å². The largest absolute Gasteiger partial charge is 0.457 e. The van der Waals surface area contributed by atoms with Crippen LogP contribution in [-0.2, 0) is 0 Å². The van der Waals surface area contributed by atoms with Gasteiger partial charge in [-0.25, -0.2) is 9.97 Å². The molecular formula is C23H27N5O. The van der Waals surface area contributed by atoms with E-state index >= 15 is 0 Å². The van der Waals surface area contributed by atoms with Gasteiger partial charge in [0.15, 0.2) is 0 Å². The van der Waals surface area contributed by atoms with Crippen molar-refractivity contribution < 1.29 is 4.74 Å². The molecule has 0 atom stereocenters. The summed E-state index contributed by atoms with van der Waals surface area (Å²) >= 11 is 0. The molecule has 3 aromatic rings. The van der Waals surface area contributed by atoms with Gasteiger partial charge in [0, 0.05) is 6.54 Å². The highest BCUT2D eigenvalue weighted by Crippen LogP contribution is 2.33. The molecule has 3 N–H and O–H groups in total. The molecule has 1 aliphatic rings. The van der Waals surface area contributed by atoms with E-state index in [0.717, 1.165) is 48.1 Å². The standard InChI is InChI=1S/C23H27N5O/c1-28-13-11-17(12-14-28)15-25-23-21(22(24)26-16-27-23)18-7-9-20(10-8-18)29-19-5-3-2-4-6-19/h2-10,16-17H,11-15H2,1H3,(H3,24,25,26,27). The summed E-state index contributed by atoms with van der Waals surface area (Å²) in [5, 5.41) is 3.51. The van der Waals surface area contributed by atoms with Crippen LogP contribution in [0.4, 0.5) is 11.6 Å². The number of ether oxygens (including phenoxy) is 1. The van der Waals surface area contributed by atoms with Gasteiger partial charge in [-0.1, -0.05) is 30.3 Å². The summed E-state index contributed by atoms with van der Waals surface area (Å²) in [6, 6.07) is 17.6. The number of nitrogen functional groups attached to an aromatic ring is 1. The molecule has 1 fully saturated rings. The highest BCUT2D eigenvalue weighted by molar-refractivity contribution is 5.83. The zero-order valence-electron chi connectivity index (χ0n) is 16.7. The fourth-order valence-electron chi connectivity index (χ4n) is 3.64. The van der Waals surface area contributed by atoms with Crippen LogP contribution in [0.1, 0.15) is 12.8 Å². The molecule has 0 amide bonds. The Balaban J connectivity index is 1.49. The van der Waals surface area contributed by atoms with Crippen LogP contribution in [-0.4, -0.2) is 41.5 Å². The normalized spacial score (nSPS) is 15.2. The van der Waals surface area contributed by atoms with E-state index in [0.29, 0.717) is 11.7 Å². The molecule has 0 bridgehead atoms. The molecule has 29 heavy (non-hydrogen) atoms. The van der Waals surface area contributed by atoms with Gasteiger partial charge in [0.2, 0.25) is 0 Å². The molecule has 1 saturated heterocycles. The Morgan fingerprint density at radius 2 is 1.69 bits per heavy atom. The first-order valence-electron chi connectivity index (χ1n) is 10.1. The fraction of sp³-hybridized carbons (Fsp3) is 0.304. The lowest BCUT2D eigenvalue weighted by Gasteiger charge is -2.29. The number of para-hydroxylation sites is 1. The van der Waals surface area contributed by atoms with Gasteiger partial charge in [0.25, 0.3) is 0 Å². The molecule has 0 unspecified atom stereocenters. The lowest BCUT2D eigenvalue weighted by atomic mass is 9.97. The SMILES string of the molecule is CN1CCC(CNc2ncnc(N)c2-c2ccc(Oc3ccccc3)cc2)CC1. The number of nitrogens with two attached hydrogens (primary N) is 1. The molecule has 0 saturated carbocycles. The van der Waals surface area contributed by atoms with E-state index in [4.69, 9.17) is 10.5 Å². The van der Waals surface area contributed by atoms with Gasteiger partial charge in [-0.3, -0.25) is 0 Å². The average Bonchev–Trinajstić information content (AvgIpc) is 2.75. The Morgan fingerprint density at radius 3 is 2.41 bits per heavy atom. The van der Waals surface area contributed by atoms with Crippen molar-refractivity contribution in [1.29, 1.82) is 0 Å². The molecule has 2 aromatic carbocycles. The van der Waals surface area contributed by atoms with Crippen LogP contribution in [0.15, 0.2) is 60.9 Å². The molecular weight excluding hydrogens is 362 g/mol. The van der Waals surface area contributed by atoms with E-state index in [9.17, 15) is 0 Å². The van der Waals surface area contributed by atoms with E-state index in [1.165, 1.54) is 19.2 Å². The molecule has 1 aliphatic heterocycles. The van der Waals surface area contributed by atoms with Crippen LogP contribution in [0, 0.1) is 5.92 Å². The summed E-state index contributed by atoms with van der Waals surface area (Å²) in [6.07, 6.45) is 3.92. The third-order valence-electron chi connectivity index (χ3n) is 5.39. The molecule has 0 radical (unpaired) electrons. The maximum atomic E-state index is 6.21. The Bertz CT molecular complexity index is 922. The van der Waals surface area contributed by atoms with Crippen molar-refractivity contribution in [2.24, 2.45) is 5.92 Å². The summed E-state index contributed by atoms with van der Waals surface area (Å²) in [5.41, 5.74) is 8.02. The first kappa shape index (κ1) is 19.2. The Morgan fingerprint density at radius 1 is 1.00 bits per heavy atom. The third-order valence-corrected chi connectivity index (χ3v) is 5.39. The number of benzene rings is 2. The van der Waals surface area contributed by atoms with Crippen LogP contribution < -0.4 is 15.8 Å². The monoisotopic (exact) mass is 389 g/mol. The Labute approximate surface area is 171 Å². The van der Waals surface area contributed by atoms with Crippen molar-refractivity contribution in [3.05, 3.63) is 60.9 Å². The predicted octanol–water partition coefficient (Wildman–Crippen LogP) is 4.27. The highest BCUT2D eigenvalue weighted by atomic mass is 16.5. The molecule has 6 heteroatoms. The maximum absolute atomic E-state index is 6.21. The average molecular weight is 390 g/mol. The minimum Gasteiger partial charge on any atom is -0.457 e. The molecule has 150 valence electrons. The number of aromatic nitrogens is 2. The van der Waals surface area contributed by atoms with Crippen LogP contribution >= 0.6 is 0 Å². The fourth-order valence-corrected chi connectivity index (χ4v) is 3.64. The summed E-state index contributed by atoms with van der Waals surface area (Å²) in [5.74, 6) is 3.49. The van der Waals surface area contributed by atoms with Crippen molar-refractivity contribution >= 4 is 11.6 Å². The van der Waals surface area contributed by atoms with Crippen LogP contribution in [0.3, 0.4) is 0 Å². The second kappa shape index (κ2) is 8.92. The zero-order chi connectivity index (χ0) is 20.1. The smallest absolute Gasteiger partial charge is 0.139 e. The number of rotatable bonds is 6. The second-order valence-corrected chi connectivity index (χ2v) is 7.55. The minimum absolute atomic E-state index is 0.475. The lowest BCUT2D eigenvalue weighted by molar-refractivity contribution is 0.226. The molecule has 4 rings (SSSR count). The van der Waals surface area contributed by atoms with E-state index < -0.39 is 0 Å². The van der Waals surface area contributed by atoms with Gasteiger partial charge in [0.1, 0.15) is 29.5 Å². The Hall–Kier alpha value is -3.12. The minimum atomic E-state index is 0.475. The van der Waals surface area contributed by atoms with Crippen LogP contribution in [0.5, 0.6) is 11.5 Å². The number of piperidine rings is 1. The van der Waals surface area contributed by atoms with E-state index in [-0.39, 0.29) is 0 Å². The van der Waals surface area contributed by atoms with Gasteiger partial charge in [-0.05, 0) is 68.7 Å². The molecule has 0 aliphatic carbocycles. The Kier molecular flexibility index (Phi) is 5.91. The summed E-state index contributed by atoms with van der Waals surface area (Å²) in [7, 11) is 2.18. The lowest BCUT2D eigenvalue weighted by Crippen LogP contribution is -2.33. The van der Waals surface area contributed by atoms with E-state index in [1.807, 2.05) is 54.6 Å². The summed E-state index contributed by atoms with van der Waals surface area (Å²) < 4.78 is 5.88. The summed E-state index contributed by atoms with van der Waals surface area (Å²) in [4.78, 5) is 11.0. The van der Waals surface area contributed by atoms with Gasteiger partial charge in [-0.2, -0.15) is 0 Å². The number of nitrogens with one attached hydrogen (secondary N) is 1. The molecule has 6 nitrogen and oxygen atoms in total. The van der Waals surface area contributed by atoms with Gasteiger partial charge >= 0.3 is 0 Å². The van der Waals surface area contributed by atoms with Gasteiger partial charge < -0.3 is 20.7 Å². The molecule has 2 heterocycles.